The number of alkyl halides is 3. The second kappa shape index (κ2) is 6.08. The lowest BCUT2D eigenvalue weighted by Gasteiger charge is -2.32. The average molecular weight is 343 g/mol. The first-order valence-electron chi connectivity index (χ1n) is 7.67. The summed E-state index contributed by atoms with van der Waals surface area (Å²) in [6.45, 7) is 9.26. The molecular weight excluding hydrogens is 322 g/mol. The van der Waals surface area contributed by atoms with Gasteiger partial charge < -0.3 is 14.6 Å². The van der Waals surface area contributed by atoms with E-state index in [0.717, 1.165) is 5.46 Å². The third-order valence-corrected chi connectivity index (χ3v) is 4.57. The fraction of sp³-hybridized carbons (Fsp3) is 0.562. The zero-order chi connectivity index (χ0) is 18.3. The molecule has 2 rings (SSSR count). The summed E-state index contributed by atoms with van der Waals surface area (Å²) in [4.78, 5) is 11.0. The van der Waals surface area contributed by atoms with Crippen molar-refractivity contribution < 1.29 is 27.3 Å². The number of benzene rings is 1. The van der Waals surface area contributed by atoms with Crippen molar-refractivity contribution in [2.45, 2.75) is 58.0 Å². The van der Waals surface area contributed by atoms with Crippen LogP contribution < -0.4 is 10.8 Å². The van der Waals surface area contributed by atoms with E-state index in [0.29, 0.717) is 5.56 Å². The lowest BCUT2D eigenvalue weighted by atomic mass is 9.78. The van der Waals surface area contributed by atoms with Gasteiger partial charge in [-0.25, -0.2) is 0 Å². The summed E-state index contributed by atoms with van der Waals surface area (Å²) >= 11 is 0. The van der Waals surface area contributed by atoms with Gasteiger partial charge in [-0.15, -0.1) is 0 Å². The van der Waals surface area contributed by atoms with Crippen LogP contribution in [0, 0.1) is 0 Å². The predicted octanol–water partition coefficient (Wildman–Crippen LogP) is 2.73. The summed E-state index contributed by atoms with van der Waals surface area (Å²) in [6, 6.07) is 6.01. The standard InChI is InChI=1S/C16H21BF3NO3/c1-10(21-13(22)16(18,19)20)11-6-8-12(9-7-11)17-23-14(2,3)15(4,5)24-17/h6-10H,1-5H3,(H,21,22)/t10-/m1/s1. The zero-order valence-electron chi connectivity index (χ0n) is 14.3. The Morgan fingerprint density at radius 1 is 1.08 bits per heavy atom. The summed E-state index contributed by atoms with van der Waals surface area (Å²) in [7, 11) is -0.538. The fourth-order valence-corrected chi connectivity index (χ4v) is 2.28. The van der Waals surface area contributed by atoms with Crippen LogP contribution in [0.5, 0.6) is 0 Å². The smallest absolute Gasteiger partial charge is 0.399 e. The molecule has 0 aromatic heterocycles. The molecule has 1 amide bonds. The van der Waals surface area contributed by atoms with Crippen LogP contribution in [0.2, 0.25) is 0 Å². The van der Waals surface area contributed by atoms with E-state index >= 15 is 0 Å². The second-order valence-electron chi connectivity index (χ2n) is 6.95. The molecule has 0 radical (unpaired) electrons. The summed E-state index contributed by atoms with van der Waals surface area (Å²) in [5.41, 5.74) is 0.397. The van der Waals surface area contributed by atoms with E-state index in [9.17, 15) is 18.0 Å². The van der Waals surface area contributed by atoms with Gasteiger partial charge in [-0.05, 0) is 45.6 Å². The number of hydrogen-bond acceptors (Lipinski definition) is 3. The number of halogens is 3. The fourth-order valence-electron chi connectivity index (χ4n) is 2.28. The van der Waals surface area contributed by atoms with E-state index in [4.69, 9.17) is 9.31 Å². The lowest BCUT2D eigenvalue weighted by molar-refractivity contribution is -0.174. The van der Waals surface area contributed by atoms with Crippen molar-refractivity contribution in [3.63, 3.8) is 0 Å². The van der Waals surface area contributed by atoms with Gasteiger partial charge in [0.05, 0.1) is 17.2 Å². The summed E-state index contributed by atoms with van der Waals surface area (Å²) in [6.07, 6.45) is -4.89. The third-order valence-electron chi connectivity index (χ3n) is 4.57. The molecular formula is C16H21BF3NO3. The molecule has 132 valence electrons. The molecule has 1 aliphatic rings. The summed E-state index contributed by atoms with van der Waals surface area (Å²) in [5, 5.41) is 1.92. The van der Waals surface area contributed by atoms with Gasteiger partial charge in [-0.1, -0.05) is 24.3 Å². The van der Waals surface area contributed by atoms with Gasteiger partial charge in [0.1, 0.15) is 0 Å². The van der Waals surface area contributed by atoms with Gasteiger partial charge in [-0.3, -0.25) is 4.79 Å². The highest BCUT2D eigenvalue weighted by Crippen LogP contribution is 2.36. The van der Waals surface area contributed by atoms with E-state index in [1.165, 1.54) is 6.92 Å². The van der Waals surface area contributed by atoms with Crippen molar-refractivity contribution in [3.8, 4) is 0 Å². The number of rotatable bonds is 3. The van der Waals surface area contributed by atoms with E-state index in [2.05, 4.69) is 0 Å². The van der Waals surface area contributed by atoms with Gasteiger partial charge in [-0.2, -0.15) is 13.2 Å². The van der Waals surface area contributed by atoms with Crippen LogP contribution in [-0.4, -0.2) is 30.4 Å². The Balaban J connectivity index is 2.08. The highest BCUT2D eigenvalue weighted by atomic mass is 19.4. The number of carbonyl (C=O) groups is 1. The maximum absolute atomic E-state index is 12.3. The van der Waals surface area contributed by atoms with Crippen LogP contribution in [0.3, 0.4) is 0 Å². The molecule has 1 saturated heterocycles. The molecule has 1 fully saturated rings. The van der Waals surface area contributed by atoms with Crippen molar-refractivity contribution in [2.24, 2.45) is 0 Å². The Bertz CT molecular complexity index is 598. The van der Waals surface area contributed by atoms with Crippen molar-refractivity contribution in [1.29, 1.82) is 0 Å². The second-order valence-corrected chi connectivity index (χ2v) is 6.95. The number of amides is 1. The van der Waals surface area contributed by atoms with Gasteiger partial charge in [0.2, 0.25) is 0 Å². The molecule has 0 aliphatic carbocycles. The van der Waals surface area contributed by atoms with Crippen LogP contribution >= 0.6 is 0 Å². The predicted molar refractivity (Wildman–Crippen MR) is 84.8 cm³/mol. The Kier molecular flexibility index (Phi) is 4.76. The highest BCUT2D eigenvalue weighted by molar-refractivity contribution is 6.62. The normalized spacial score (nSPS) is 20.8. The van der Waals surface area contributed by atoms with Crippen molar-refractivity contribution >= 4 is 18.5 Å². The molecule has 8 heteroatoms. The number of hydrogen-bond donors (Lipinski definition) is 1. The molecule has 1 N–H and O–H groups in total. The molecule has 1 heterocycles. The van der Waals surface area contributed by atoms with Crippen molar-refractivity contribution in [2.75, 3.05) is 0 Å². The van der Waals surface area contributed by atoms with E-state index < -0.39 is 36.4 Å². The average Bonchev–Trinajstić information content (AvgIpc) is 2.66. The maximum atomic E-state index is 12.3. The highest BCUT2D eigenvalue weighted by Gasteiger charge is 2.51. The first-order chi connectivity index (χ1) is 10.8. The first-order valence-corrected chi connectivity index (χ1v) is 7.67. The summed E-state index contributed by atoms with van der Waals surface area (Å²) < 4.78 is 48.7. The minimum Gasteiger partial charge on any atom is -0.399 e. The van der Waals surface area contributed by atoms with Gasteiger partial charge in [0.15, 0.2) is 0 Å². The molecule has 1 aromatic carbocycles. The van der Waals surface area contributed by atoms with Crippen molar-refractivity contribution in [3.05, 3.63) is 29.8 Å². The Morgan fingerprint density at radius 3 is 1.96 bits per heavy atom. The SMILES string of the molecule is C[C@@H](NC(=O)C(F)(F)F)c1ccc(B2OC(C)(C)C(C)(C)O2)cc1. The Morgan fingerprint density at radius 2 is 1.54 bits per heavy atom. The summed E-state index contributed by atoms with van der Waals surface area (Å²) in [5.74, 6) is -1.95. The van der Waals surface area contributed by atoms with Crippen LogP contribution in [0.1, 0.15) is 46.2 Å². The van der Waals surface area contributed by atoms with Crippen LogP contribution in [0.25, 0.3) is 0 Å². The third kappa shape index (κ3) is 3.75. The van der Waals surface area contributed by atoms with E-state index in [-0.39, 0.29) is 0 Å². The van der Waals surface area contributed by atoms with Crippen molar-refractivity contribution in [1.82, 2.24) is 5.32 Å². The zero-order valence-corrected chi connectivity index (χ0v) is 14.3. The Labute approximate surface area is 139 Å². The quantitative estimate of drug-likeness (QED) is 0.859. The molecule has 0 bridgehead atoms. The van der Waals surface area contributed by atoms with Crippen LogP contribution in [-0.2, 0) is 14.1 Å². The molecule has 1 atom stereocenters. The molecule has 0 unspecified atom stereocenters. The van der Waals surface area contributed by atoms with E-state index in [1.807, 2.05) is 33.0 Å². The number of carbonyl (C=O) groups excluding carboxylic acids is 1. The minimum absolute atomic E-state index is 0.468. The molecule has 4 nitrogen and oxygen atoms in total. The molecule has 1 aliphatic heterocycles. The van der Waals surface area contributed by atoms with Gasteiger partial charge in [0, 0.05) is 0 Å². The van der Waals surface area contributed by atoms with Crippen LogP contribution in [0.15, 0.2) is 24.3 Å². The first kappa shape index (κ1) is 18.8. The minimum atomic E-state index is -4.89. The maximum Gasteiger partial charge on any atom is 0.494 e. The molecule has 1 aromatic rings. The van der Waals surface area contributed by atoms with Crippen LogP contribution in [0.4, 0.5) is 13.2 Å². The lowest BCUT2D eigenvalue weighted by Crippen LogP contribution is -2.41. The Hall–Kier alpha value is -1.54. The largest absolute Gasteiger partial charge is 0.494 e. The molecule has 24 heavy (non-hydrogen) atoms. The topological polar surface area (TPSA) is 47.6 Å². The number of nitrogens with one attached hydrogen (secondary N) is 1. The molecule has 0 spiro atoms. The molecule has 0 saturated carbocycles. The van der Waals surface area contributed by atoms with Gasteiger partial charge >= 0.3 is 19.2 Å². The van der Waals surface area contributed by atoms with Gasteiger partial charge in [0.25, 0.3) is 0 Å². The van der Waals surface area contributed by atoms with E-state index in [1.54, 1.807) is 24.3 Å². The monoisotopic (exact) mass is 343 g/mol.